The predicted molar refractivity (Wildman–Crippen MR) is 104 cm³/mol. The van der Waals surface area contributed by atoms with Crippen molar-refractivity contribution in [3.63, 3.8) is 0 Å². The average Bonchev–Trinajstić information content (AvgIpc) is 3.10. The summed E-state index contributed by atoms with van der Waals surface area (Å²) in [6.45, 7) is 2.48. The van der Waals surface area contributed by atoms with E-state index in [4.69, 9.17) is 4.74 Å². The van der Waals surface area contributed by atoms with Gasteiger partial charge in [-0.15, -0.1) is 11.8 Å². The van der Waals surface area contributed by atoms with E-state index < -0.39 is 0 Å². The van der Waals surface area contributed by atoms with E-state index in [1.807, 2.05) is 12.1 Å². The molecule has 0 unspecified atom stereocenters. The maximum Gasteiger partial charge on any atom is 0.191 e. The Hall–Kier alpha value is -1.27. The molecular formula is C19H30FN3OS. The van der Waals surface area contributed by atoms with E-state index in [2.05, 4.69) is 15.6 Å². The fourth-order valence-corrected chi connectivity index (χ4v) is 4.15. The van der Waals surface area contributed by atoms with Crippen molar-refractivity contribution in [2.24, 2.45) is 10.4 Å². The maximum atomic E-state index is 13.6. The van der Waals surface area contributed by atoms with Gasteiger partial charge in [-0.25, -0.2) is 4.39 Å². The van der Waals surface area contributed by atoms with Crippen molar-refractivity contribution >= 4 is 17.7 Å². The van der Waals surface area contributed by atoms with E-state index >= 15 is 0 Å². The van der Waals surface area contributed by atoms with Crippen LogP contribution in [0.5, 0.6) is 0 Å². The first-order valence-corrected chi connectivity index (χ1v) is 9.98. The van der Waals surface area contributed by atoms with E-state index in [-0.39, 0.29) is 5.82 Å². The lowest BCUT2D eigenvalue weighted by atomic mass is 9.83. The van der Waals surface area contributed by atoms with Crippen LogP contribution in [0.1, 0.15) is 32.1 Å². The van der Waals surface area contributed by atoms with Crippen LogP contribution in [-0.4, -0.2) is 45.6 Å². The number of rotatable bonds is 9. The molecule has 1 aromatic carbocycles. The van der Waals surface area contributed by atoms with Gasteiger partial charge in [0.2, 0.25) is 0 Å². The summed E-state index contributed by atoms with van der Waals surface area (Å²) in [6.07, 6.45) is 6.21. The Kier molecular flexibility index (Phi) is 8.55. The fourth-order valence-electron chi connectivity index (χ4n) is 3.34. The van der Waals surface area contributed by atoms with E-state index in [1.54, 1.807) is 20.2 Å². The van der Waals surface area contributed by atoms with Crippen LogP contribution in [0.4, 0.5) is 4.39 Å². The average molecular weight is 368 g/mol. The van der Waals surface area contributed by atoms with Crippen LogP contribution in [0.3, 0.4) is 0 Å². The van der Waals surface area contributed by atoms with Crippen LogP contribution in [0.25, 0.3) is 0 Å². The molecule has 0 heterocycles. The molecule has 0 radical (unpaired) electrons. The smallest absolute Gasteiger partial charge is 0.191 e. The first kappa shape index (κ1) is 20.0. The summed E-state index contributed by atoms with van der Waals surface area (Å²) in [5.74, 6) is 1.45. The molecule has 1 aliphatic rings. The number of hydrogen-bond acceptors (Lipinski definition) is 3. The van der Waals surface area contributed by atoms with Gasteiger partial charge in [-0.05, 0) is 36.8 Å². The van der Waals surface area contributed by atoms with Gasteiger partial charge in [0.05, 0.1) is 0 Å². The second-order valence-corrected chi connectivity index (χ2v) is 7.72. The quantitative estimate of drug-likeness (QED) is 0.302. The van der Waals surface area contributed by atoms with Crippen molar-refractivity contribution in [1.82, 2.24) is 10.6 Å². The van der Waals surface area contributed by atoms with Crippen LogP contribution in [0.2, 0.25) is 0 Å². The fraction of sp³-hybridized carbons (Fsp3) is 0.632. The summed E-state index contributed by atoms with van der Waals surface area (Å²) in [5, 5.41) is 6.79. The zero-order valence-electron chi connectivity index (χ0n) is 15.3. The normalized spacial score (nSPS) is 16.8. The third kappa shape index (κ3) is 6.51. The molecule has 0 bridgehead atoms. The molecule has 1 saturated carbocycles. The third-order valence-electron chi connectivity index (χ3n) is 4.84. The summed E-state index contributed by atoms with van der Waals surface area (Å²) in [6, 6.07) is 6.89. The molecule has 0 aliphatic heterocycles. The van der Waals surface area contributed by atoms with Crippen molar-refractivity contribution in [3.05, 3.63) is 30.1 Å². The molecule has 4 nitrogen and oxygen atoms in total. The number of nitrogens with one attached hydrogen (secondary N) is 2. The van der Waals surface area contributed by atoms with E-state index in [0.717, 1.165) is 37.8 Å². The molecule has 2 N–H and O–H groups in total. The largest absolute Gasteiger partial charge is 0.385 e. The first-order valence-electron chi connectivity index (χ1n) is 9.00. The van der Waals surface area contributed by atoms with Gasteiger partial charge in [-0.1, -0.05) is 25.0 Å². The van der Waals surface area contributed by atoms with Crippen LogP contribution < -0.4 is 10.6 Å². The topological polar surface area (TPSA) is 45.7 Å². The molecule has 1 aliphatic carbocycles. The molecule has 2 rings (SSSR count). The summed E-state index contributed by atoms with van der Waals surface area (Å²) >= 11 is 1.52. The van der Waals surface area contributed by atoms with E-state index in [0.29, 0.717) is 10.3 Å². The minimum Gasteiger partial charge on any atom is -0.385 e. The van der Waals surface area contributed by atoms with Crippen LogP contribution in [0, 0.1) is 11.2 Å². The van der Waals surface area contributed by atoms with Crippen LogP contribution >= 0.6 is 11.8 Å². The van der Waals surface area contributed by atoms with E-state index in [9.17, 15) is 4.39 Å². The van der Waals surface area contributed by atoms with Crippen molar-refractivity contribution < 1.29 is 9.13 Å². The lowest BCUT2D eigenvalue weighted by Gasteiger charge is -2.29. The lowest BCUT2D eigenvalue weighted by molar-refractivity contribution is 0.138. The summed E-state index contributed by atoms with van der Waals surface area (Å²) in [4.78, 5) is 4.99. The molecule has 0 aromatic heterocycles. The highest BCUT2D eigenvalue weighted by molar-refractivity contribution is 7.99. The molecule has 25 heavy (non-hydrogen) atoms. The van der Waals surface area contributed by atoms with Crippen molar-refractivity contribution in [2.45, 2.75) is 37.0 Å². The number of guanidine groups is 1. The van der Waals surface area contributed by atoms with Gasteiger partial charge in [-0.2, -0.15) is 0 Å². The Morgan fingerprint density at radius 2 is 2.04 bits per heavy atom. The highest BCUT2D eigenvalue weighted by Crippen LogP contribution is 2.40. The van der Waals surface area contributed by atoms with Gasteiger partial charge in [0.15, 0.2) is 5.96 Å². The highest BCUT2D eigenvalue weighted by atomic mass is 32.2. The number of aliphatic imine (C=N–C) groups is 1. The van der Waals surface area contributed by atoms with Crippen LogP contribution in [0.15, 0.2) is 34.2 Å². The molecule has 140 valence electrons. The number of benzene rings is 1. The van der Waals surface area contributed by atoms with Crippen molar-refractivity contribution in [1.29, 1.82) is 0 Å². The molecule has 0 spiro atoms. The Morgan fingerprint density at radius 1 is 1.28 bits per heavy atom. The molecule has 0 atom stereocenters. The van der Waals surface area contributed by atoms with Crippen LogP contribution in [-0.2, 0) is 4.74 Å². The van der Waals surface area contributed by atoms with Crippen molar-refractivity contribution in [3.8, 4) is 0 Å². The molecule has 0 amide bonds. The Labute approximate surface area is 155 Å². The summed E-state index contributed by atoms with van der Waals surface area (Å²) in [5.41, 5.74) is 0.329. The van der Waals surface area contributed by atoms with Crippen molar-refractivity contribution in [2.75, 3.05) is 39.6 Å². The number of halogens is 1. The molecule has 6 heteroatoms. The second-order valence-electron chi connectivity index (χ2n) is 6.58. The van der Waals surface area contributed by atoms with E-state index in [1.165, 1.54) is 43.5 Å². The Morgan fingerprint density at radius 3 is 2.72 bits per heavy atom. The number of nitrogens with zero attached hydrogens (tertiary/aromatic N) is 1. The number of hydrogen-bond donors (Lipinski definition) is 2. The summed E-state index contributed by atoms with van der Waals surface area (Å²) < 4.78 is 18.9. The minimum atomic E-state index is -0.156. The number of ether oxygens (including phenoxy) is 1. The van der Waals surface area contributed by atoms with Gasteiger partial charge >= 0.3 is 0 Å². The third-order valence-corrected chi connectivity index (χ3v) is 5.89. The molecule has 1 aromatic rings. The predicted octanol–water partition coefficient (Wildman–Crippen LogP) is 3.68. The monoisotopic (exact) mass is 367 g/mol. The Bertz CT molecular complexity index is 547. The molecule has 1 fully saturated rings. The van der Waals surface area contributed by atoms with Gasteiger partial charge < -0.3 is 15.4 Å². The highest BCUT2D eigenvalue weighted by Gasteiger charge is 2.33. The van der Waals surface area contributed by atoms with Gasteiger partial charge in [-0.3, -0.25) is 4.99 Å². The minimum absolute atomic E-state index is 0.156. The first-order chi connectivity index (χ1) is 12.2. The standard InChI is InChI=1S/C19H30FN3OS/c1-21-18(22-12-14-25-17-8-4-3-7-16(17)20)23-15-19(11-13-24-2)9-5-6-10-19/h3-4,7-8H,5-6,9-15H2,1-2H3,(H2,21,22,23). The molecule has 0 saturated heterocycles. The van der Waals surface area contributed by atoms with Gasteiger partial charge in [0.25, 0.3) is 0 Å². The zero-order chi connectivity index (χ0) is 18.0. The SMILES string of the molecule is CN=C(NCCSc1ccccc1F)NCC1(CCOC)CCCC1. The zero-order valence-corrected chi connectivity index (χ0v) is 16.1. The lowest BCUT2D eigenvalue weighted by Crippen LogP contribution is -2.44. The molecular weight excluding hydrogens is 337 g/mol. The Balaban J connectivity index is 1.72. The second kappa shape index (κ2) is 10.7. The number of methoxy groups -OCH3 is 1. The van der Waals surface area contributed by atoms with Gasteiger partial charge in [0, 0.05) is 44.5 Å². The summed E-state index contributed by atoms with van der Waals surface area (Å²) in [7, 11) is 3.56. The maximum absolute atomic E-state index is 13.6. The van der Waals surface area contributed by atoms with Gasteiger partial charge in [0.1, 0.15) is 5.82 Å². The number of thioether (sulfide) groups is 1.